The summed E-state index contributed by atoms with van der Waals surface area (Å²) in [6, 6.07) is 13.7. The number of carbonyl (C=O) groups is 2. The van der Waals surface area contributed by atoms with E-state index >= 15 is 0 Å². The fourth-order valence-corrected chi connectivity index (χ4v) is 5.30. The van der Waals surface area contributed by atoms with E-state index in [4.69, 9.17) is 9.47 Å². The number of Topliss-reactive ketones (excluding diaryl/α,β-unsaturated/α-hetero) is 1. The highest BCUT2D eigenvalue weighted by atomic mass is 32.1. The van der Waals surface area contributed by atoms with Crippen molar-refractivity contribution in [2.24, 2.45) is 0 Å². The van der Waals surface area contributed by atoms with Crippen LogP contribution in [0.15, 0.2) is 59.5 Å². The first kappa shape index (κ1) is 24.5. The van der Waals surface area contributed by atoms with Gasteiger partial charge in [-0.3, -0.25) is 14.5 Å². The summed E-state index contributed by atoms with van der Waals surface area (Å²) >= 11 is 1.44. The van der Waals surface area contributed by atoms with Gasteiger partial charge in [-0.1, -0.05) is 32.9 Å². The van der Waals surface area contributed by atoms with Crippen LogP contribution < -0.4 is 14.4 Å². The second-order valence-corrected chi connectivity index (χ2v) is 10.5. The molecular weight excluding hydrogens is 462 g/mol. The molecule has 1 aliphatic heterocycles. The number of nitrogens with zero attached hydrogens (tertiary/aromatic N) is 1. The molecule has 1 amide bonds. The molecule has 1 saturated heterocycles. The Morgan fingerprint density at radius 3 is 2.37 bits per heavy atom. The number of rotatable bonds is 5. The third kappa shape index (κ3) is 4.32. The van der Waals surface area contributed by atoms with Crippen molar-refractivity contribution in [1.29, 1.82) is 0 Å². The van der Waals surface area contributed by atoms with Gasteiger partial charge in [0.2, 0.25) is 0 Å². The van der Waals surface area contributed by atoms with Crippen LogP contribution in [0.2, 0.25) is 0 Å². The van der Waals surface area contributed by atoms with E-state index in [1.807, 2.05) is 30.5 Å². The molecule has 3 aromatic rings. The number of hydrogen-bond donors (Lipinski definition) is 1. The molecule has 1 aromatic heterocycles. The molecule has 2 aromatic carbocycles. The molecule has 1 fully saturated rings. The molecule has 1 N–H and O–H groups in total. The van der Waals surface area contributed by atoms with E-state index in [0.29, 0.717) is 22.7 Å². The quantitative estimate of drug-likeness (QED) is 0.269. The Bertz CT molecular complexity index is 1330. The average Bonchev–Trinajstić information content (AvgIpc) is 3.37. The minimum atomic E-state index is -0.787. The molecule has 1 aliphatic rings. The summed E-state index contributed by atoms with van der Waals surface area (Å²) in [6.07, 6.45) is 0. The van der Waals surface area contributed by atoms with Crippen molar-refractivity contribution in [1.82, 2.24) is 0 Å². The third-order valence-electron chi connectivity index (χ3n) is 6.25. The fraction of sp³-hybridized carbons (Fsp3) is 0.286. The van der Waals surface area contributed by atoms with Crippen molar-refractivity contribution in [3.8, 4) is 11.5 Å². The Morgan fingerprint density at radius 1 is 1.03 bits per heavy atom. The Labute approximate surface area is 209 Å². The molecule has 4 rings (SSSR count). The molecule has 7 heteroatoms. The number of benzene rings is 2. The monoisotopic (exact) mass is 491 g/mol. The number of ketones is 1. The van der Waals surface area contributed by atoms with Gasteiger partial charge in [-0.25, -0.2) is 0 Å². The van der Waals surface area contributed by atoms with Crippen molar-refractivity contribution >= 4 is 34.5 Å². The Kier molecular flexibility index (Phi) is 6.47. The maximum atomic E-state index is 13.5. The lowest BCUT2D eigenvalue weighted by molar-refractivity contribution is -0.132. The zero-order valence-electron chi connectivity index (χ0n) is 20.7. The summed E-state index contributed by atoms with van der Waals surface area (Å²) in [5.74, 6) is -0.722. The van der Waals surface area contributed by atoms with Gasteiger partial charge >= 0.3 is 0 Å². The molecule has 2 heterocycles. The van der Waals surface area contributed by atoms with Gasteiger partial charge in [-0.15, -0.1) is 11.3 Å². The van der Waals surface area contributed by atoms with Gasteiger partial charge in [0.15, 0.2) is 0 Å². The highest BCUT2D eigenvalue weighted by Crippen LogP contribution is 2.46. The van der Waals surface area contributed by atoms with E-state index in [9.17, 15) is 14.7 Å². The zero-order valence-corrected chi connectivity index (χ0v) is 21.5. The van der Waals surface area contributed by atoms with Gasteiger partial charge in [0.1, 0.15) is 23.3 Å². The SMILES string of the molecule is COc1cccc(N2C(=O)C(=O)/C(=C(/O)c3cc(C(C)(C)C)ccc3OC)C2c2sccc2C)c1. The summed E-state index contributed by atoms with van der Waals surface area (Å²) in [5, 5.41) is 13.5. The van der Waals surface area contributed by atoms with Gasteiger partial charge in [0, 0.05) is 16.6 Å². The molecule has 1 atom stereocenters. The summed E-state index contributed by atoms with van der Waals surface area (Å²) in [7, 11) is 3.06. The number of anilines is 1. The summed E-state index contributed by atoms with van der Waals surface area (Å²) < 4.78 is 10.9. The number of aliphatic hydroxyl groups excluding tert-OH is 1. The first-order valence-corrected chi connectivity index (χ1v) is 12.1. The van der Waals surface area contributed by atoms with Crippen LogP contribution in [-0.4, -0.2) is 31.0 Å². The van der Waals surface area contributed by atoms with E-state index < -0.39 is 17.7 Å². The smallest absolute Gasteiger partial charge is 0.300 e. The fourth-order valence-electron chi connectivity index (χ4n) is 4.28. The first-order valence-electron chi connectivity index (χ1n) is 11.3. The second kappa shape index (κ2) is 9.23. The zero-order chi connectivity index (χ0) is 25.5. The number of hydrogen-bond acceptors (Lipinski definition) is 6. The number of methoxy groups -OCH3 is 2. The second-order valence-electron chi connectivity index (χ2n) is 9.50. The molecule has 0 bridgehead atoms. The maximum Gasteiger partial charge on any atom is 0.300 e. The maximum absolute atomic E-state index is 13.5. The highest BCUT2D eigenvalue weighted by Gasteiger charge is 2.48. The number of ether oxygens (including phenoxy) is 2. The average molecular weight is 492 g/mol. The molecular formula is C28H29NO5S. The van der Waals surface area contributed by atoms with Crippen molar-refractivity contribution in [3.63, 3.8) is 0 Å². The van der Waals surface area contributed by atoms with Crippen molar-refractivity contribution in [2.75, 3.05) is 19.1 Å². The van der Waals surface area contributed by atoms with E-state index in [-0.39, 0.29) is 16.7 Å². The standard InChI is InChI=1S/C28H29NO5S/c1-16-12-13-35-26(16)23-22(24(30)20-14-17(28(2,3)4)10-11-21(20)34-6)25(31)27(32)29(23)18-8-7-9-19(15-18)33-5/h7-15,23,30H,1-6H3/b24-22+. The minimum Gasteiger partial charge on any atom is -0.507 e. The van der Waals surface area contributed by atoms with Gasteiger partial charge in [-0.2, -0.15) is 0 Å². The molecule has 35 heavy (non-hydrogen) atoms. The lowest BCUT2D eigenvalue weighted by Crippen LogP contribution is -2.29. The Hall–Kier alpha value is -3.58. The lowest BCUT2D eigenvalue weighted by atomic mass is 9.85. The molecule has 1 unspecified atom stereocenters. The summed E-state index contributed by atoms with van der Waals surface area (Å²) in [6.45, 7) is 8.12. The predicted molar refractivity (Wildman–Crippen MR) is 139 cm³/mol. The van der Waals surface area contributed by atoms with Crippen LogP contribution >= 0.6 is 11.3 Å². The molecule has 182 valence electrons. The highest BCUT2D eigenvalue weighted by molar-refractivity contribution is 7.10. The van der Waals surface area contributed by atoms with E-state index in [0.717, 1.165) is 16.0 Å². The van der Waals surface area contributed by atoms with E-state index in [1.165, 1.54) is 23.3 Å². The number of thiophene rings is 1. The number of aryl methyl sites for hydroxylation is 1. The van der Waals surface area contributed by atoms with Crippen LogP contribution in [0, 0.1) is 6.92 Å². The van der Waals surface area contributed by atoms with Crippen LogP contribution in [0.1, 0.15) is 48.4 Å². The number of amides is 1. The van der Waals surface area contributed by atoms with Gasteiger partial charge in [-0.05, 0) is 59.2 Å². The lowest BCUT2D eigenvalue weighted by Gasteiger charge is -2.26. The van der Waals surface area contributed by atoms with Crippen LogP contribution in [0.5, 0.6) is 11.5 Å². The topological polar surface area (TPSA) is 76.1 Å². The normalized spacial score (nSPS) is 17.7. The first-order chi connectivity index (χ1) is 16.6. The van der Waals surface area contributed by atoms with Crippen LogP contribution in [0.4, 0.5) is 5.69 Å². The van der Waals surface area contributed by atoms with E-state index in [2.05, 4.69) is 20.8 Å². The van der Waals surface area contributed by atoms with Gasteiger partial charge in [0.05, 0.1) is 25.4 Å². The largest absolute Gasteiger partial charge is 0.507 e. The third-order valence-corrected chi connectivity index (χ3v) is 7.32. The van der Waals surface area contributed by atoms with E-state index in [1.54, 1.807) is 37.4 Å². The van der Waals surface area contributed by atoms with Crippen LogP contribution in [0.3, 0.4) is 0 Å². The Morgan fingerprint density at radius 2 is 1.77 bits per heavy atom. The number of carbonyl (C=O) groups excluding carboxylic acids is 2. The van der Waals surface area contributed by atoms with Crippen molar-refractivity contribution < 1.29 is 24.2 Å². The van der Waals surface area contributed by atoms with Crippen molar-refractivity contribution in [2.45, 2.75) is 39.2 Å². The molecule has 6 nitrogen and oxygen atoms in total. The molecule has 0 spiro atoms. The molecule has 0 saturated carbocycles. The van der Waals surface area contributed by atoms with Crippen LogP contribution in [-0.2, 0) is 15.0 Å². The minimum absolute atomic E-state index is 0.0349. The van der Waals surface area contributed by atoms with Gasteiger partial charge < -0.3 is 14.6 Å². The van der Waals surface area contributed by atoms with Gasteiger partial charge in [0.25, 0.3) is 11.7 Å². The Balaban J connectivity index is 1.99. The number of aliphatic hydroxyl groups is 1. The van der Waals surface area contributed by atoms with Crippen molar-refractivity contribution in [3.05, 3.63) is 81.1 Å². The summed E-state index contributed by atoms with van der Waals surface area (Å²) in [4.78, 5) is 29.1. The summed E-state index contributed by atoms with van der Waals surface area (Å²) in [5.41, 5.74) is 2.62. The molecule has 0 radical (unpaired) electrons. The predicted octanol–water partition coefficient (Wildman–Crippen LogP) is 6.00. The van der Waals surface area contributed by atoms with Crippen LogP contribution in [0.25, 0.3) is 5.76 Å². The molecule has 0 aliphatic carbocycles.